The average Bonchev–Trinajstić information content (AvgIpc) is 2.85. The highest BCUT2D eigenvalue weighted by molar-refractivity contribution is 6.52. The van der Waals surface area contributed by atoms with Crippen LogP contribution in [0.5, 0.6) is 0 Å². The summed E-state index contributed by atoms with van der Waals surface area (Å²) in [5.41, 5.74) is 4.06. The standard InChI is InChI=1S/C26H32B2N4O3/c1-27(34)31-26(32-28(2)35)30-19-22-13-9-12-21(16-22)18-29-25(33)24(23-14-7-4-8-15-23)17-20-10-5-3-6-11-20/h3-16,24,34-35H,17-19H2,1-2H3,(H,29,33)(H2,30,31,32). The van der Waals surface area contributed by atoms with Crippen molar-refractivity contribution in [3.05, 3.63) is 107 Å². The predicted molar refractivity (Wildman–Crippen MR) is 143 cm³/mol. The van der Waals surface area contributed by atoms with Crippen molar-refractivity contribution in [1.82, 2.24) is 15.9 Å². The summed E-state index contributed by atoms with van der Waals surface area (Å²) < 4.78 is 0. The summed E-state index contributed by atoms with van der Waals surface area (Å²) in [5.74, 6) is 0.00521. The van der Waals surface area contributed by atoms with Crippen LogP contribution in [0, 0.1) is 0 Å². The van der Waals surface area contributed by atoms with E-state index in [1.165, 1.54) is 6.82 Å². The number of hydrogen-bond donors (Lipinski definition) is 5. The van der Waals surface area contributed by atoms with Crippen molar-refractivity contribution in [2.24, 2.45) is 4.90 Å². The molecule has 3 aromatic rings. The molecule has 0 aromatic heterocycles. The molecule has 3 aromatic carbocycles. The van der Waals surface area contributed by atoms with Gasteiger partial charge >= 0.3 is 14.1 Å². The highest BCUT2D eigenvalue weighted by atomic mass is 16.2. The largest absolute Gasteiger partial charge is 0.433 e. The maximum atomic E-state index is 13.2. The lowest BCUT2D eigenvalue weighted by atomic mass is 9.88. The normalized spacial score (nSPS) is 11.9. The van der Waals surface area contributed by atoms with Crippen molar-refractivity contribution in [3.63, 3.8) is 0 Å². The van der Waals surface area contributed by atoms with Crippen molar-refractivity contribution in [1.29, 1.82) is 0 Å². The molecular weight excluding hydrogens is 438 g/mol. The number of amides is 1. The van der Waals surface area contributed by atoms with Gasteiger partial charge in [0.05, 0.1) is 5.92 Å². The molecule has 3 rings (SSSR count). The molecule has 0 heterocycles. The molecular formula is C26H32B2N4O3. The second-order valence-corrected chi connectivity index (χ2v) is 8.47. The summed E-state index contributed by atoms with van der Waals surface area (Å²) in [6, 6.07) is 27.8. The van der Waals surface area contributed by atoms with Gasteiger partial charge in [-0.05, 0) is 42.3 Å². The van der Waals surface area contributed by atoms with Crippen LogP contribution >= 0.6 is 0 Å². The van der Waals surface area contributed by atoms with Crippen LogP contribution in [0.25, 0.3) is 0 Å². The molecule has 0 aliphatic carbocycles. The Morgan fingerprint density at radius 2 is 1.40 bits per heavy atom. The fourth-order valence-corrected chi connectivity index (χ4v) is 3.76. The first kappa shape index (κ1) is 26.1. The van der Waals surface area contributed by atoms with Gasteiger partial charge in [0.15, 0.2) is 5.96 Å². The fourth-order valence-electron chi connectivity index (χ4n) is 3.76. The topological polar surface area (TPSA) is 106 Å². The average molecular weight is 470 g/mol. The van der Waals surface area contributed by atoms with Crippen LogP contribution in [0.3, 0.4) is 0 Å². The molecule has 0 saturated heterocycles. The Bertz CT molecular complexity index is 1100. The number of nitrogens with zero attached hydrogens (tertiary/aromatic N) is 1. The third-order valence-corrected chi connectivity index (χ3v) is 5.38. The first-order valence-corrected chi connectivity index (χ1v) is 11.8. The predicted octanol–water partition coefficient (Wildman–Crippen LogP) is 2.59. The quantitative estimate of drug-likeness (QED) is 0.178. The summed E-state index contributed by atoms with van der Waals surface area (Å²) in [5, 5.41) is 28.0. The van der Waals surface area contributed by atoms with Crippen molar-refractivity contribution < 1.29 is 14.8 Å². The summed E-state index contributed by atoms with van der Waals surface area (Å²) >= 11 is 0. The van der Waals surface area contributed by atoms with Crippen molar-refractivity contribution >= 4 is 26.0 Å². The molecule has 0 aliphatic rings. The zero-order valence-corrected chi connectivity index (χ0v) is 20.2. The van der Waals surface area contributed by atoms with Crippen molar-refractivity contribution in [3.8, 4) is 0 Å². The zero-order valence-electron chi connectivity index (χ0n) is 20.2. The van der Waals surface area contributed by atoms with Gasteiger partial charge in [0, 0.05) is 13.1 Å². The number of carbonyl (C=O) groups excluding carboxylic acids is 1. The molecule has 1 unspecified atom stereocenters. The van der Waals surface area contributed by atoms with Gasteiger partial charge in [-0.1, -0.05) is 84.9 Å². The van der Waals surface area contributed by atoms with Crippen LogP contribution in [-0.2, 0) is 24.3 Å². The van der Waals surface area contributed by atoms with E-state index < -0.39 is 14.1 Å². The van der Waals surface area contributed by atoms with E-state index >= 15 is 0 Å². The molecule has 0 spiro atoms. The van der Waals surface area contributed by atoms with Crippen molar-refractivity contribution in [2.45, 2.75) is 39.1 Å². The highest BCUT2D eigenvalue weighted by Crippen LogP contribution is 2.21. The van der Waals surface area contributed by atoms with Gasteiger partial charge in [0.25, 0.3) is 0 Å². The van der Waals surface area contributed by atoms with E-state index in [0.29, 0.717) is 25.5 Å². The maximum absolute atomic E-state index is 13.2. The van der Waals surface area contributed by atoms with E-state index in [1.807, 2.05) is 84.9 Å². The van der Waals surface area contributed by atoms with Crippen LogP contribution in [0.2, 0.25) is 13.6 Å². The lowest BCUT2D eigenvalue weighted by Crippen LogP contribution is -2.45. The monoisotopic (exact) mass is 470 g/mol. The molecule has 0 radical (unpaired) electrons. The van der Waals surface area contributed by atoms with Gasteiger partial charge in [0.2, 0.25) is 5.91 Å². The first-order valence-electron chi connectivity index (χ1n) is 11.8. The van der Waals surface area contributed by atoms with Crippen LogP contribution in [0.4, 0.5) is 0 Å². The van der Waals surface area contributed by atoms with E-state index in [9.17, 15) is 14.8 Å². The SMILES string of the molecule is CB(O)N=C(NCc1cccc(CNC(=O)C(Cc2ccccc2)c2ccccc2)c1)NB(C)O. The summed E-state index contributed by atoms with van der Waals surface area (Å²) in [6.45, 7) is 3.96. The van der Waals surface area contributed by atoms with Gasteiger partial charge in [-0.2, -0.15) is 0 Å². The number of carbonyl (C=O) groups is 1. The molecule has 35 heavy (non-hydrogen) atoms. The lowest BCUT2D eigenvalue weighted by Gasteiger charge is -2.18. The smallest absolute Gasteiger partial charge is 0.431 e. The van der Waals surface area contributed by atoms with Gasteiger partial charge in [-0.25, -0.2) is 0 Å². The Hall–Kier alpha value is -3.55. The minimum absolute atomic E-state index is 0.0175. The molecule has 1 amide bonds. The summed E-state index contributed by atoms with van der Waals surface area (Å²) in [7, 11) is -1.71. The molecule has 0 fully saturated rings. The van der Waals surface area contributed by atoms with Crippen LogP contribution in [0.1, 0.15) is 28.2 Å². The minimum atomic E-state index is -0.904. The third kappa shape index (κ3) is 8.96. The second kappa shape index (κ2) is 13.4. The van der Waals surface area contributed by atoms with E-state index in [4.69, 9.17) is 0 Å². The molecule has 7 nitrogen and oxygen atoms in total. The summed E-state index contributed by atoms with van der Waals surface area (Å²) in [4.78, 5) is 17.3. The van der Waals surface area contributed by atoms with Gasteiger partial charge in [0.1, 0.15) is 0 Å². The Kier molecular flexibility index (Phi) is 9.95. The molecule has 0 bridgehead atoms. The Balaban J connectivity index is 1.64. The Morgan fingerprint density at radius 3 is 2.00 bits per heavy atom. The molecule has 5 N–H and O–H groups in total. The molecule has 1 atom stereocenters. The van der Waals surface area contributed by atoms with Gasteiger partial charge in [-0.15, -0.1) is 0 Å². The Morgan fingerprint density at radius 1 is 0.829 bits per heavy atom. The second-order valence-electron chi connectivity index (χ2n) is 8.47. The van der Waals surface area contributed by atoms with Gasteiger partial charge < -0.3 is 25.9 Å². The number of rotatable bonds is 10. The van der Waals surface area contributed by atoms with Crippen LogP contribution < -0.4 is 15.9 Å². The lowest BCUT2D eigenvalue weighted by molar-refractivity contribution is -0.122. The van der Waals surface area contributed by atoms with E-state index in [-0.39, 0.29) is 11.8 Å². The molecule has 0 saturated carbocycles. The maximum Gasteiger partial charge on any atom is 0.431 e. The number of nitrogens with one attached hydrogen (secondary N) is 3. The number of hydrogen-bond acceptors (Lipinski definition) is 4. The van der Waals surface area contributed by atoms with E-state index in [1.54, 1.807) is 6.82 Å². The van der Waals surface area contributed by atoms with Crippen LogP contribution in [0.15, 0.2) is 89.8 Å². The fraction of sp³-hybridized carbons (Fsp3) is 0.231. The summed E-state index contributed by atoms with van der Waals surface area (Å²) in [6.07, 6.45) is 0.627. The highest BCUT2D eigenvalue weighted by Gasteiger charge is 2.21. The first-order chi connectivity index (χ1) is 16.9. The molecule has 0 aliphatic heterocycles. The molecule has 9 heteroatoms. The van der Waals surface area contributed by atoms with Gasteiger partial charge in [-0.3, -0.25) is 9.70 Å². The minimum Gasteiger partial charge on any atom is -0.433 e. The third-order valence-electron chi connectivity index (χ3n) is 5.38. The Labute approximate surface area is 208 Å². The zero-order chi connectivity index (χ0) is 25.0. The van der Waals surface area contributed by atoms with Crippen molar-refractivity contribution in [2.75, 3.05) is 0 Å². The number of guanidine groups is 1. The van der Waals surface area contributed by atoms with E-state index in [0.717, 1.165) is 22.3 Å². The molecule has 180 valence electrons. The van der Waals surface area contributed by atoms with E-state index in [2.05, 4.69) is 20.8 Å². The van der Waals surface area contributed by atoms with Crippen LogP contribution in [-0.4, -0.2) is 36.0 Å². The number of benzene rings is 3.